The van der Waals surface area contributed by atoms with E-state index < -0.39 is 23.7 Å². The van der Waals surface area contributed by atoms with E-state index in [9.17, 15) is 18.7 Å². The van der Waals surface area contributed by atoms with Crippen molar-refractivity contribution in [2.75, 3.05) is 18.0 Å². The molecule has 0 radical (unpaired) electrons. The van der Waals surface area contributed by atoms with Gasteiger partial charge in [-0.1, -0.05) is 0 Å². The molecule has 0 saturated carbocycles. The molecule has 2 aromatic heterocycles. The predicted octanol–water partition coefficient (Wildman–Crippen LogP) is 5.28. The summed E-state index contributed by atoms with van der Waals surface area (Å²) in [6.45, 7) is 9.02. The number of anilines is 1. The monoisotopic (exact) mass is 536 g/mol. The number of amides is 1. The number of ether oxygens (including phenoxy) is 2. The highest BCUT2D eigenvalue weighted by molar-refractivity contribution is 7.13. The van der Waals surface area contributed by atoms with E-state index >= 15 is 0 Å². The lowest BCUT2D eigenvalue weighted by Gasteiger charge is -2.55. The Morgan fingerprint density at radius 2 is 1.92 bits per heavy atom. The van der Waals surface area contributed by atoms with Gasteiger partial charge in [0.05, 0.1) is 29.7 Å². The summed E-state index contributed by atoms with van der Waals surface area (Å²) in [6, 6.07) is 3.17. The summed E-state index contributed by atoms with van der Waals surface area (Å²) in [5.74, 6) is -0.155. The van der Waals surface area contributed by atoms with Gasteiger partial charge in [0.2, 0.25) is 0 Å². The van der Waals surface area contributed by atoms with E-state index in [0.29, 0.717) is 23.7 Å². The van der Waals surface area contributed by atoms with Crippen molar-refractivity contribution in [3.05, 3.63) is 23.7 Å². The molecule has 2 bridgehead atoms. The highest BCUT2D eigenvalue weighted by atomic mass is 32.1. The van der Waals surface area contributed by atoms with Gasteiger partial charge in [-0.3, -0.25) is 4.90 Å². The number of rotatable bonds is 6. The number of aliphatic hydroxyl groups is 1. The Bertz CT molecular complexity index is 1290. The zero-order valence-corrected chi connectivity index (χ0v) is 22.1. The number of alkyl halides is 2. The van der Waals surface area contributed by atoms with Gasteiger partial charge in [-0.05, 0) is 53.2 Å². The van der Waals surface area contributed by atoms with Crippen LogP contribution >= 0.6 is 11.3 Å². The first-order chi connectivity index (χ1) is 17.2. The Labute approximate surface area is 217 Å². The Kier molecular flexibility index (Phi) is 6.10. The lowest BCUT2D eigenvalue weighted by Crippen LogP contribution is -2.70. The van der Waals surface area contributed by atoms with Gasteiger partial charge in [-0.15, -0.1) is 11.3 Å². The number of thiazole rings is 1. The van der Waals surface area contributed by atoms with Crippen LogP contribution in [0.3, 0.4) is 0 Å². The van der Waals surface area contributed by atoms with E-state index in [1.54, 1.807) is 17.2 Å². The van der Waals surface area contributed by atoms with Crippen molar-refractivity contribution in [1.82, 2.24) is 14.9 Å². The third-order valence-corrected chi connectivity index (χ3v) is 6.93. The van der Waals surface area contributed by atoms with Crippen LogP contribution in [0.1, 0.15) is 47.5 Å². The molecule has 3 aliphatic rings. The standard InChI is InChI=1S/C25H30F2N4O5S/c1-23(2,3)36-22(32)31-14-10-15(31)12-30(11-14)21-29-18-17(35-25(26,27)13-24(4,5)33)7-6-16(19(18)34-21)20-28-8-9-37-20/h6-9,14-15,33H,10-13H2,1-5H3. The summed E-state index contributed by atoms with van der Waals surface area (Å²) in [4.78, 5) is 25.2. The molecule has 3 aliphatic heterocycles. The summed E-state index contributed by atoms with van der Waals surface area (Å²) in [5.41, 5.74) is -1.19. The number of piperidine rings is 1. The van der Waals surface area contributed by atoms with Crippen molar-refractivity contribution in [2.24, 2.45) is 0 Å². The lowest BCUT2D eigenvalue weighted by atomic mass is 9.88. The normalized spacial score (nSPS) is 20.2. The molecule has 9 nitrogen and oxygen atoms in total. The smallest absolute Gasteiger partial charge is 0.410 e. The maximum absolute atomic E-state index is 14.7. The maximum atomic E-state index is 14.7. The minimum absolute atomic E-state index is 0.0612. The van der Waals surface area contributed by atoms with Crippen LogP contribution in [-0.2, 0) is 4.74 Å². The van der Waals surface area contributed by atoms with Crippen LogP contribution in [0.25, 0.3) is 21.7 Å². The molecular weight excluding hydrogens is 506 g/mol. The Morgan fingerprint density at radius 3 is 2.51 bits per heavy atom. The summed E-state index contributed by atoms with van der Waals surface area (Å²) in [5, 5.41) is 12.4. The molecule has 12 heteroatoms. The highest BCUT2D eigenvalue weighted by Crippen LogP contribution is 2.42. The Morgan fingerprint density at radius 1 is 1.22 bits per heavy atom. The molecule has 0 aliphatic carbocycles. The number of oxazole rings is 1. The summed E-state index contributed by atoms with van der Waals surface area (Å²) in [6.07, 6.45) is -2.38. The number of piperazine rings is 1. The molecule has 2 unspecified atom stereocenters. The highest BCUT2D eigenvalue weighted by Gasteiger charge is 2.50. The lowest BCUT2D eigenvalue weighted by molar-refractivity contribution is -0.206. The van der Waals surface area contributed by atoms with Gasteiger partial charge in [0.1, 0.15) is 10.6 Å². The first-order valence-corrected chi connectivity index (χ1v) is 13.0. The van der Waals surface area contributed by atoms with Crippen molar-refractivity contribution in [3.8, 4) is 16.3 Å². The third-order valence-electron chi connectivity index (χ3n) is 6.12. The number of nitrogens with zero attached hydrogens (tertiary/aromatic N) is 4. The van der Waals surface area contributed by atoms with Gasteiger partial charge in [0.25, 0.3) is 6.01 Å². The second-order valence-corrected chi connectivity index (χ2v) is 12.1. The van der Waals surface area contributed by atoms with Gasteiger partial charge in [0, 0.05) is 24.7 Å². The van der Waals surface area contributed by atoms with Crippen molar-refractivity contribution < 1.29 is 32.6 Å². The predicted molar refractivity (Wildman–Crippen MR) is 134 cm³/mol. The Hall–Kier alpha value is -2.99. The summed E-state index contributed by atoms with van der Waals surface area (Å²) < 4.78 is 46.0. The van der Waals surface area contributed by atoms with Crippen LogP contribution in [0.2, 0.25) is 0 Å². The molecule has 3 saturated heterocycles. The number of hydrogen-bond donors (Lipinski definition) is 1. The zero-order valence-electron chi connectivity index (χ0n) is 21.3. The quantitative estimate of drug-likeness (QED) is 0.454. The fourth-order valence-electron chi connectivity index (χ4n) is 4.79. The number of aromatic nitrogens is 2. The van der Waals surface area contributed by atoms with E-state index in [1.807, 2.05) is 31.1 Å². The molecule has 3 fully saturated rings. The second kappa shape index (κ2) is 8.80. The molecule has 6 rings (SSSR count). The van der Waals surface area contributed by atoms with Crippen molar-refractivity contribution in [1.29, 1.82) is 0 Å². The minimum Gasteiger partial charge on any atom is -0.444 e. The van der Waals surface area contributed by atoms with E-state index in [0.717, 1.165) is 6.42 Å². The van der Waals surface area contributed by atoms with Crippen LogP contribution in [0.5, 0.6) is 5.75 Å². The molecule has 5 heterocycles. The Balaban J connectivity index is 1.44. The van der Waals surface area contributed by atoms with Crippen LogP contribution < -0.4 is 9.64 Å². The van der Waals surface area contributed by atoms with Gasteiger partial charge < -0.3 is 23.9 Å². The molecule has 2 atom stereocenters. The summed E-state index contributed by atoms with van der Waals surface area (Å²) >= 11 is 1.39. The number of halogens is 2. The molecule has 1 amide bonds. The fraction of sp³-hybridized carbons (Fsp3) is 0.560. The van der Waals surface area contributed by atoms with Crippen molar-refractivity contribution in [3.63, 3.8) is 0 Å². The van der Waals surface area contributed by atoms with Crippen LogP contribution in [0, 0.1) is 0 Å². The van der Waals surface area contributed by atoms with E-state index in [-0.39, 0.29) is 41.0 Å². The zero-order chi connectivity index (χ0) is 26.8. The molecule has 37 heavy (non-hydrogen) atoms. The van der Waals surface area contributed by atoms with Gasteiger partial charge >= 0.3 is 12.2 Å². The van der Waals surface area contributed by atoms with E-state index in [4.69, 9.17) is 13.9 Å². The maximum Gasteiger partial charge on any atom is 0.410 e. The molecular formula is C25H30F2N4O5S. The van der Waals surface area contributed by atoms with Crippen molar-refractivity contribution in [2.45, 2.75) is 76.9 Å². The number of hydrogen-bond acceptors (Lipinski definition) is 9. The van der Waals surface area contributed by atoms with Gasteiger partial charge in [-0.25, -0.2) is 9.78 Å². The van der Waals surface area contributed by atoms with Crippen LogP contribution in [0.4, 0.5) is 19.6 Å². The molecule has 0 spiro atoms. The van der Waals surface area contributed by atoms with E-state index in [1.165, 1.54) is 31.3 Å². The molecule has 1 N–H and O–H groups in total. The second-order valence-electron chi connectivity index (χ2n) is 11.2. The van der Waals surface area contributed by atoms with Crippen LogP contribution in [-0.4, -0.2) is 68.6 Å². The van der Waals surface area contributed by atoms with Gasteiger partial charge in [-0.2, -0.15) is 13.8 Å². The van der Waals surface area contributed by atoms with Crippen LogP contribution in [0.15, 0.2) is 28.1 Å². The first-order valence-electron chi connectivity index (χ1n) is 12.1. The number of carbonyl (C=O) groups excluding carboxylic acids is 1. The number of carbonyl (C=O) groups is 1. The van der Waals surface area contributed by atoms with Gasteiger partial charge in [0.15, 0.2) is 16.8 Å². The van der Waals surface area contributed by atoms with Crippen molar-refractivity contribution >= 4 is 34.5 Å². The molecule has 3 aromatic rings. The van der Waals surface area contributed by atoms with E-state index in [2.05, 4.69) is 9.97 Å². The average molecular weight is 537 g/mol. The molecule has 1 aromatic carbocycles. The first kappa shape index (κ1) is 25.7. The molecule has 200 valence electrons. The minimum atomic E-state index is -3.63. The number of benzene rings is 1. The largest absolute Gasteiger partial charge is 0.444 e. The summed E-state index contributed by atoms with van der Waals surface area (Å²) in [7, 11) is 0. The number of fused-ring (bicyclic) bond motifs is 3. The third kappa shape index (κ3) is 5.35. The SMILES string of the molecule is CC(C)(O)CC(F)(F)Oc1ccc(-c2nccs2)c2oc(N3CC4CC(C3)N4C(=O)OC(C)(C)C)nc12. The topological polar surface area (TPSA) is 101 Å². The average Bonchev–Trinajstić information content (AvgIpc) is 3.41. The fourth-order valence-corrected chi connectivity index (χ4v) is 5.45.